The SMILES string of the molecule is Cc1cccc(NC(=O)N2CCC(Cn3ccnn3)CC2)n1. The van der Waals surface area contributed by atoms with Crippen LogP contribution < -0.4 is 5.32 Å². The van der Waals surface area contributed by atoms with Gasteiger partial charge >= 0.3 is 6.03 Å². The molecule has 0 bridgehead atoms. The largest absolute Gasteiger partial charge is 0.324 e. The Labute approximate surface area is 129 Å². The summed E-state index contributed by atoms with van der Waals surface area (Å²) < 4.78 is 1.86. The highest BCUT2D eigenvalue weighted by Crippen LogP contribution is 2.19. The summed E-state index contributed by atoms with van der Waals surface area (Å²) in [7, 11) is 0. The minimum Gasteiger partial charge on any atom is -0.324 e. The van der Waals surface area contributed by atoms with E-state index in [4.69, 9.17) is 0 Å². The van der Waals surface area contributed by atoms with Crippen LogP contribution in [0.4, 0.5) is 10.6 Å². The van der Waals surface area contributed by atoms with Crippen LogP contribution in [0.2, 0.25) is 0 Å². The van der Waals surface area contributed by atoms with E-state index in [0.717, 1.165) is 38.2 Å². The summed E-state index contributed by atoms with van der Waals surface area (Å²) in [4.78, 5) is 18.4. The minimum absolute atomic E-state index is 0.0719. The van der Waals surface area contributed by atoms with Gasteiger partial charge in [-0.3, -0.25) is 10.00 Å². The molecule has 1 saturated heterocycles. The number of hydrogen-bond donors (Lipinski definition) is 1. The maximum atomic E-state index is 12.2. The number of likely N-dealkylation sites (tertiary alicyclic amines) is 1. The van der Waals surface area contributed by atoms with Gasteiger partial charge < -0.3 is 4.90 Å². The lowest BCUT2D eigenvalue weighted by molar-refractivity contribution is 0.175. The number of nitrogens with zero attached hydrogens (tertiary/aromatic N) is 5. The van der Waals surface area contributed by atoms with Gasteiger partial charge in [-0.2, -0.15) is 0 Å². The standard InChI is InChI=1S/C15H20N6O/c1-12-3-2-4-14(17-12)18-15(22)20-8-5-13(6-9-20)11-21-10-7-16-19-21/h2-4,7,10,13H,5-6,8-9,11H2,1H3,(H,17,18,22). The number of aromatic nitrogens is 4. The molecule has 0 radical (unpaired) electrons. The van der Waals surface area contributed by atoms with Crippen molar-refractivity contribution in [3.05, 3.63) is 36.3 Å². The predicted molar refractivity (Wildman–Crippen MR) is 82.3 cm³/mol. The average Bonchev–Trinajstić information content (AvgIpc) is 3.01. The molecular weight excluding hydrogens is 280 g/mol. The highest BCUT2D eigenvalue weighted by Gasteiger charge is 2.23. The Morgan fingerprint density at radius 3 is 2.86 bits per heavy atom. The normalized spacial score (nSPS) is 15.8. The molecule has 22 heavy (non-hydrogen) atoms. The molecule has 7 heteroatoms. The Hall–Kier alpha value is -2.44. The molecule has 2 aromatic heterocycles. The molecule has 0 atom stereocenters. The summed E-state index contributed by atoms with van der Waals surface area (Å²) in [6.07, 6.45) is 5.53. The van der Waals surface area contributed by atoms with Gasteiger partial charge in [0.05, 0.1) is 6.20 Å². The topological polar surface area (TPSA) is 75.9 Å². The quantitative estimate of drug-likeness (QED) is 0.939. The van der Waals surface area contributed by atoms with E-state index in [0.29, 0.717) is 11.7 Å². The number of hydrogen-bond acceptors (Lipinski definition) is 4. The van der Waals surface area contributed by atoms with E-state index in [1.165, 1.54) is 0 Å². The van der Waals surface area contributed by atoms with Crippen LogP contribution >= 0.6 is 0 Å². The third kappa shape index (κ3) is 3.60. The fourth-order valence-electron chi connectivity index (χ4n) is 2.71. The van der Waals surface area contributed by atoms with Crippen molar-refractivity contribution in [2.75, 3.05) is 18.4 Å². The highest BCUT2D eigenvalue weighted by molar-refractivity contribution is 5.88. The van der Waals surface area contributed by atoms with Crippen LogP contribution in [0.25, 0.3) is 0 Å². The second-order valence-corrected chi connectivity index (χ2v) is 5.65. The maximum Gasteiger partial charge on any atom is 0.323 e. The van der Waals surface area contributed by atoms with Gasteiger partial charge in [0.2, 0.25) is 0 Å². The van der Waals surface area contributed by atoms with Crippen LogP contribution in [0, 0.1) is 12.8 Å². The predicted octanol–water partition coefficient (Wildman–Crippen LogP) is 1.93. The first-order chi connectivity index (χ1) is 10.7. The molecule has 0 unspecified atom stereocenters. The molecule has 3 heterocycles. The number of amides is 2. The Morgan fingerprint density at radius 2 is 2.18 bits per heavy atom. The summed E-state index contributed by atoms with van der Waals surface area (Å²) in [5.41, 5.74) is 0.893. The Morgan fingerprint density at radius 1 is 1.36 bits per heavy atom. The number of anilines is 1. The van der Waals surface area contributed by atoms with E-state index in [1.54, 1.807) is 6.20 Å². The zero-order valence-electron chi connectivity index (χ0n) is 12.6. The molecule has 1 fully saturated rings. The zero-order chi connectivity index (χ0) is 15.4. The van der Waals surface area contributed by atoms with E-state index in [9.17, 15) is 4.79 Å². The van der Waals surface area contributed by atoms with E-state index >= 15 is 0 Å². The van der Waals surface area contributed by atoms with Crippen LogP contribution in [0.1, 0.15) is 18.5 Å². The molecule has 1 aliphatic heterocycles. The van der Waals surface area contributed by atoms with Crippen molar-refractivity contribution in [2.45, 2.75) is 26.3 Å². The Balaban J connectivity index is 1.49. The number of carbonyl (C=O) groups is 1. The summed E-state index contributed by atoms with van der Waals surface area (Å²) in [6, 6.07) is 5.54. The molecule has 0 saturated carbocycles. The fraction of sp³-hybridized carbons (Fsp3) is 0.467. The monoisotopic (exact) mass is 300 g/mol. The smallest absolute Gasteiger partial charge is 0.323 e. The molecule has 1 N–H and O–H groups in total. The Kier molecular flexibility index (Phi) is 4.32. The molecule has 1 aliphatic rings. The Bertz CT molecular complexity index is 619. The highest BCUT2D eigenvalue weighted by atomic mass is 16.2. The van der Waals surface area contributed by atoms with E-state index < -0.39 is 0 Å². The number of rotatable bonds is 3. The van der Waals surface area contributed by atoms with Crippen molar-refractivity contribution in [3.8, 4) is 0 Å². The number of urea groups is 1. The third-order valence-corrected chi connectivity index (χ3v) is 3.94. The summed E-state index contributed by atoms with van der Waals surface area (Å²) in [6.45, 7) is 4.30. The van der Waals surface area contributed by atoms with Crippen molar-refractivity contribution < 1.29 is 4.79 Å². The van der Waals surface area contributed by atoms with Gasteiger partial charge in [0, 0.05) is 31.5 Å². The number of pyridine rings is 1. The van der Waals surface area contributed by atoms with Gasteiger partial charge in [-0.05, 0) is 37.8 Å². The molecule has 116 valence electrons. The third-order valence-electron chi connectivity index (χ3n) is 3.94. The number of carbonyl (C=O) groups excluding carboxylic acids is 1. The van der Waals surface area contributed by atoms with Crippen molar-refractivity contribution in [3.63, 3.8) is 0 Å². The first kappa shape index (κ1) is 14.5. The van der Waals surface area contributed by atoms with Crippen LogP contribution in [-0.2, 0) is 6.54 Å². The van der Waals surface area contributed by atoms with Crippen molar-refractivity contribution in [1.82, 2.24) is 24.9 Å². The molecular formula is C15H20N6O. The summed E-state index contributed by atoms with van der Waals surface area (Å²) >= 11 is 0. The molecule has 2 aromatic rings. The van der Waals surface area contributed by atoms with E-state index in [1.807, 2.05) is 40.9 Å². The van der Waals surface area contributed by atoms with E-state index in [2.05, 4.69) is 20.6 Å². The molecule has 2 amide bonds. The lowest BCUT2D eigenvalue weighted by Crippen LogP contribution is -2.41. The molecule has 7 nitrogen and oxygen atoms in total. The van der Waals surface area contributed by atoms with Crippen molar-refractivity contribution >= 4 is 11.8 Å². The molecule has 3 rings (SSSR count). The van der Waals surface area contributed by atoms with Gasteiger partial charge in [0.15, 0.2) is 0 Å². The average molecular weight is 300 g/mol. The van der Waals surface area contributed by atoms with Crippen LogP contribution in [0.3, 0.4) is 0 Å². The first-order valence-corrected chi connectivity index (χ1v) is 7.54. The van der Waals surface area contributed by atoms with E-state index in [-0.39, 0.29) is 6.03 Å². The zero-order valence-corrected chi connectivity index (χ0v) is 12.6. The number of piperidine rings is 1. The lowest BCUT2D eigenvalue weighted by Gasteiger charge is -2.31. The summed E-state index contributed by atoms with van der Waals surface area (Å²) in [5, 5.41) is 10.7. The van der Waals surface area contributed by atoms with Gasteiger partial charge in [-0.25, -0.2) is 9.78 Å². The van der Waals surface area contributed by atoms with Gasteiger partial charge in [0.25, 0.3) is 0 Å². The van der Waals surface area contributed by atoms with Crippen LogP contribution in [0.15, 0.2) is 30.6 Å². The summed E-state index contributed by atoms with van der Waals surface area (Å²) in [5.74, 6) is 1.15. The molecule has 0 spiro atoms. The minimum atomic E-state index is -0.0719. The van der Waals surface area contributed by atoms with Gasteiger partial charge in [-0.1, -0.05) is 11.3 Å². The van der Waals surface area contributed by atoms with Gasteiger partial charge in [0.1, 0.15) is 5.82 Å². The van der Waals surface area contributed by atoms with Crippen LogP contribution in [-0.4, -0.2) is 44.0 Å². The molecule has 0 aromatic carbocycles. The lowest BCUT2D eigenvalue weighted by atomic mass is 9.97. The van der Waals surface area contributed by atoms with Crippen molar-refractivity contribution in [1.29, 1.82) is 0 Å². The second kappa shape index (κ2) is 6.55. The number of aryl methyl sites for hydroxylation is 1. The van der Waals surface area contributed by atoms with Crippen molar-refractivity contribution in [2.24, 2.45) is 5.92 Å². The van der Waals surface area contributed by atoms with Crippen LogP contribution in [0.5, 0.6) is 0 Å². The first-order valence-electron chi connectivity index (χ1n) is 7.54. The molecule has 0 aliphatic carbocycles. The van der Waals surface area contributed by atoms with Gasteiger partial charge in [-0.15, -0.1) is 5.10 Å². The number of nitrogens with one attached hydrogen (secondary N) is 1. The fourth-order valence-corrected chi connectivity index (χ4v) is 2.71. The maximum absolute atomic E-state index is 12.2. The second-order valence-electron chi connectivity index (χ2n) is 5.65.